The van der Waals surface area contributed by atoms with Gasteiger partial charge in [0, 0.05) is 36.1 Å². The van der Waals surface area contributed by atoms with Gasteiger partial charge in [0.25, 0.3) is 5.91 Å². The van der Waals surface area contributed by atoms with E-state index in [4.69, 9.17) is 9.47 Å². The maximum absolute atomic E-state index is 13.8. The number of amides is 1. The van der Waals surface area contributed by atoms with E-state index in [2.05, 4.69) is 20.9 Å². The molecule has 4 aliphatic rings. The molecule has 3 saturated heterocycles. The van der Waals surface area contributed by atoms with Crippen LogP contribution in [-0.2, 0) is 0 Å². The molecule has 170 valence electrons. The highest BCUT2D eigenvalue weighted by molar-refractivity contribution is 5.99. The van der Waals surface area contributed by atoms with Crippen LogP contribution in [0.25, 0.3) is 10.9 Å². The van der Waals surface area contributed by atoms with Gasteiger partial charge < -0.3 is 19.4 Å². The number of fused-ring (bicyclic) bond motifs is 7. The van der Waals surface area contributed by atoms with E-state index in [1.807, 2.05) is 18.2 Å². The normalized spacial score (nSPS) is 29.8. The van der Waals surface area contributed by atoms with E-state index >= 15 is 0 Å². The number of benzene rings is 1. The molecule has 2 aromatic rings. The van der Waals surface area contributed by atoms with Crippen molar-refractivity contribution in [2.24, 2.45) is 11.8 Å². The van der Waals surface area contributed by atoms with Crippen molar-refractivity contribution in [2.45, 2.75) is 50.6 Å². The number of likely N-dealkylation sites (tertiary alicyclic amines) is 1. The number of methoxy groups -OCH3 is 2. The smallest absolute Gasteiger partial charge is 0.270 e. The number of carbonyl (C=O) groups excluding carboxylic acids is 1. The Kier molecular flexibility index (Phi) is 4.94. The fraction of sp³-hybridized carbons (Fsp3) is 0.577. The average molecular weight is 436 g/mol. The van der Waals surface area contributed by atoms with E-state index < -0.39 is 0 Å². The third kappa shape index (κ3) is 3.14. The van der Waals surface area contributed by atoms with Crippen molar-refractivity contribution in [2.75, 3.05) is 33.9 Å². The summed E-state index contributed by atoms with van der Waals surface area (Å²) >= 11 is 0. The fourth-order valence-electron chi connectivity index (χ4n) is 6.93. The lowest BCUT2D eigenvalue weighted by Gasteiger charge is -2.54. The summed E-state index contributed by atoms with van der Waals surface area (Å²) in [5.41, 5.74) is 3.08. The molecule has 0 spiro atoms. The lowest BCUT2D eigenvalue weighted by molar-refractivity contribution is 0.00134. The average Bonchev–Trinajstić information content (AvgIpc) is 3.25. The van der Waals surface area contributed by atoms with Crippen LogP contribution < -0.4 is 9.47 Å². The minimum absolute atomic E-state index is 0.119. The monoisotopic (exact) mass is 435 g/mol. The van der Waals surface area contributed by atoms with Crippen LogP contribution in [0.1, 0.15) is 49.0 Å². The highest BCUT2D eigenvalue weighted by Crippen LogP contribution is 2.45. The van der Waals surface area contributed by atoms with Gasteiger partial charge in [0.15, 0.2) is 11.5 Å². The van der Waals surface area contributed by atoms with Crippen molar-refractivity contribution in [3.63, 3.8) is 0 Å². The molecule has 4 heterocycles. The third-order valence-electron chi connectivity index (χ3n) is 8.27. The molecule has 1 aromatic carbocycles. The lowest BCUT2D eigenvalue weighted by atomic mass is 9.68. The summed E-state index contributed by atoms with van der Waals surface area (Å²) < 4.78 is 10.9. The molecule has 2 unspecified atom stereocenters. The van der Waals surface area contributed by atoms with E-state index in [1.165, 1.54) is 37.8 Å². The minimum atomic E-state index is 0.119. The zero-order chi connectivity index (χ0) is 21.8. The number of carbonyl (C=O) groups is 1. The quantitative estimate of drug-likeness (QED) is 0.734. The molecule has 1 N–H and O–H groups in total. The van der Waals surface area contributed by atoms with Crippen molar-refractivity contribution >= 4 is 16.8 Å². The molecular weight excluding hydrogens is 402 g/mol. The van der Waals surface area contributed by atoms with Crippen molar-refractivity contribution < 1.29 is 14.3 Å². The standard InChI is InChI=1S/C26H33N3O3/c1-31-23-13-17-12-21(27-20(17)14-24(23)32-2)26(30)29-9-5-6-16-10-18-11-19(25(16)29)15-28-8-4-3-7-22(18)28/h10,12-14,18-19,22,25,27H,3-9,11,15H2,1-2H3/t18-,19-,22?,25?/m0/s1. The fourth-order valence-corrected chi connectivity index (χ4v) is 6.93. The van der Waals surface area contributed by atoms with E-state index in [1.54, 1.807) is 14.2 Å². The van der Waals surface area contributed by atoms with Crippen LogP contribution in [0.3, 0.4) is 0 Å². The zero-order valence-electron chi connectivity index (χ0n) is 19.1. The molecule has 0 saturated carbocycles. The summed E-state index contributed by atoms with van der Waals surface area (Å²) in [5.74, 6) is 2.71. The Balaban J connectivity index is 1.32. The Labute approximate surface area is 189 Å². The van der Waals surface area contributed by atoms with Gasteiger partial charge in [0.1, 0.15) is 5.69 Å². The van der Waals surface area contributed by atoms with Gasteiger partial charge >= 0.3 is 0 Å². The Hall–Kier alpha value is -2.47. The molecular formula is C26H33N3O3. The first-order valence-electron chi connectivity index (χ1n) is 12.2. The van der Waals surface area contributed by atoms with Crippen LogP contribution >= 0.6 is 0 Å². The summed E-state index contributed by atoms with van der Waals surface area (Å²) in [6.07, 6.45) is 10.1. The molecule has 1 aromatic heterocycles. The largest absolute Gasteiger partial charge is 0.493 e. The Morgan fingerprint density at radius 2 is 1.91 bits per heavy atom. The number of H-pyrrole nitrogens is 1. The van der Waals surface area contributed by atoms with Crippen LogP contribution in [0.15, 0.2) is 29.8 Å². The third-order valence-corrected chi connectivity index (χ3v) is 8.27. The highest BCUT2D eigenvalue weighted by atomic mass is 16.5. The summed E-state index contributed by atoms with van der Waals surface area (Å²) in [6, 6.07) is 6.80. The van der Waals surface area contributed by atoms with Gasteiger partial charge in [-0.25, -0.2) is 0 Å². The van der Waals surface area contributed by atoms with Crippen LogP contribution in [0.5, 0.6) is 11.5 Å². The van der Waals surface area contributed by atoms with Crippen molar-refractivity contribution in [3.8, 4) is 11.5 Å². The Morgan fingerprint density at radius 3 is 2.75 bits per heavy atom. The first-order valence-corrected chi connectivity index (χ1v) is 12.2. The van der Waals surface area contributed by atoms with Gasteiger partial charge in [-0.1, -0.05) is 18.1 Å². The number of ether oxygens (including phenoxy) is 2. The number of rotatable bonds is 3. The summed E-state index contributed by atoms with van der Waals surface area (Å²) in [7, 11) is 3.27. The number of piperidine rings is 3. The first kappa shape index (κ1) is 20.2. The molecule has 32 heavy (non-hydrogen) atoms. The summed E-state index contributed by atoms with van der Waals surface area (Å²) in [6.45, 7) is 3.22. The van der Waals surface area contributed by atoms with Crippen LogP contribution in [0.2, 0.25) is 0 Å². The maximum atomic E-state index is 13.8. The first-order chi connectivity index (χ1) is 15.7. The number of aromatic amines is 1. The number of nitrogens with zero attached hydrogens (tertiary/aromatic N) is 2. The molecule has 6 nitrogen and oxygen atoms in total. The summed E-state index contributed by atoms with van der Waals surface area (Å²) in [5, 5.41) is 0.969. The topological polar surface area (TPSA) is 57.8 Å². The lowest BCUT2D eigenvalue weighted by Crippen LogP contribution is -2.60. The number of aromatic nitrogens is 1. The predicted octanol–water partition coefficient (Wildman–Crippen LogP) is 4.22. The predicted molar refractivity (Wildman–Crippen MR) is 124 cm³/mol. The second-order valence-electron chi connectivity index (χ2n) is 9.98. The van der Waals surface area contributed by atoms with Gasteiger partial charge in [-0.2, -0.15) is 0 Å². The van der Waals surface area contributed by atoms with Crippen molar-refractivity contribution in [1.29, 1.82) is 0 Å². The van der Waals surface area contributed by atoms with Crippen LogP contribution in [0, 0.1) is 11.8 Å². The summed E-state index contributed by atoms with van der Waals surface area (Å²) in [4.78, 5) is 22.0. The van der Waals surface area contributed by atoms with Gasteiger partial charge in [-0.05, 0) is 62.6 Å². The van der Waals surface area contributed by atoms with Gasteiger partial charge in [-0.3, -0.25) is 9.69 Å². The Bertz CT molecular complexity index is 1030. The SMILES string of the molecule is COc1cc2cc(C(=O)N3CCCC4=C[C@H]5C[C@@H](CN6CCCCC56)C43)[nH]c2cc1OC. The van der Waals surface area contributed by atoms with Gasteiger partial charge in [0.05, 0.1) is 20.3 Å². The Morgan fingerprint density at radius 1 is 1.06 bits per heavy atom. The number of hydrogen-bond donors (Lipinski definition) is 1. The van der Waals surface area contributed by atoms with Crippen molar-refractivity contribution in [1.82, 2.24) is 14.8 Å². The molecule has 0 radical (unpaired) electrons. The molecule has 6 rings (SSSR count). The highest BCUT2D eigenvalue weighted by Gasteiger charge is 2.47. The second-order valence-corrected chi connectivity index (χ2v) is 9.98. The van der Waals surface area contributed by atoms with E-state index in [0.717, 1.165) is 42.9 Å². The number of hydrogen-bond acceptors (Lipinski definition) is 4. The molecule has 2 bridgehead atoms. The molecule has 4 atom stereocenters. The van der Waals surface area contributed by atoms with E-state index in [9.17, 15) is 4.79 Å². The van der Waals surface area contributed by atoms with Crippen molar-refractivity contribution in [3.05, 3.63) is 35.5 Å². The number of nitrogens with one attached hydrogen (secondary N) is 1. The van der Waals surface area contributed by atoms with E-state index in [-0.39, 0.29) is 11.9 Å². The van der Waals surface area contributed by atoms with Crippen LogP contribution in [0.4, 0.5) is 0 Å². The second kappa shape index (κ2) is 7.84. The molecule has 1 amide bonds. The molecule has 6 heteroatoms. The van der Waals surface area contributed by atoms with Gasteiger partial charge in [0.2, 0.25) is 0 Å². The van der Waals surface area contributed by atoms with E-state index in [0.29, 0.717) is 29.0 Å². The minimum Gasteiger partial charge on any atom is -0.493 e. The molecule has 1 aliphatic carbocycles. The van der Waals surface area contributed by atoms with Gasteiger partial charge in [-0.15, -0.1) is 0 Å². The molecule has 3 aliphatic heterocycles. The molecule has 3 fully saturated rings. The maximum Gasteiger partial charge on any atom is 0.270 e. The van der Waals surface area contributed by atoms with Crippen LogP contribution in [-0.4, -0.2) is 66.6 Å². The zero-order valence-corrected chi connectivity index (χ0v) is 19.1.